The lowest BCUT2D eigenvalue weighted by Gasteiger charge is -2.07. The summed E-state index contributed by atoms with van der Waals surface area (Å²) in [4.78, 5) is 11.6. The third-order valence-corrected chi connectivity index (χ3v) is 2.55. The van der Waals surface area contributed by atoms with Crippen LogP contribution >= 0.6 is 0 Å². The summed E-state index contributed by atoms with van der Waals surface area (Å²) >= 11 is 0. The molecule has 0 saturated heterocycles. The van der Waals surface area contributed by atoms with Crippen molar-refractivity contribution in [2.24, 2.45) is 0 Å². The Balaban J connectivity index is 2.62. The zero-order valence-corrected chi connectivity index (χ0v) is 10.7. The van der Waals surface area contributed by atoms with Gasteiger partial charge in [0, 0.05) is 13.1 Å². The fourth-order valence-electron chi connectivity index (χ4n) is 1.08. The third-order valence-electron chi connectivity index (χ3n) is 1.83. The van der Waals surface area contributed by atoms with Gasteiger partial charge in [-0.15, -0.1) is 0 Å². The van der Waals surface area contributed by atoms with Gasteiger partial charge in [-0.2, -0.15) is 23.4 Å². The molecule has 0 aromatic carbocycles. The van der Waals surface area contributed by atoms with Gasteiger partial charge in [0.2, 0.25) is 17.8 Å². The van der Waals surface area contributed by atoms with Gasteiger partial charge in [0.15, 0.2) is 0 Å². The van der Waals surface area contributed by atoms with Crippen LogP contribution in [0.15, 0.2) is 0 Å². The maximum absolute atomic E-state index is 10.5. The molecule has 1 heterocycles. The van der Waals surface area contributed by atoms with E-state index in [1.165, 1.54) is 0 Å². The van der Waals surface area contributed by atoms with Crippen LogP contribution in [-0.2, 0) is 10.1 Å². The highest BCUT2D eigenvalue weighted by Gasteiger charge is 2.06. The number of rotatable bonds is 7. The van der Waals surface area contributed by atoms with E-state index in [1.807, 2.05) is 6.92 Å². The van der Waals surface area contributed by atoms with Crippen molar-refractivity contribution in [2.45, 2.75) is 13.3 Å². The molecular formula is C8H16N6O3S. The molecule has 0 bridgehead atoms. The SMILES string of the molecule is CCCNc1nc(N)nc(NCCS(=O)(=O)O)n1. The van der Waals surface area contributed by atoms with Gasteiger partial charge in [0.1, 0.15) is 0 Å². The van der Waals surface area contributed by atoms with E-state index in [2.05, 4.69) is 25.6 Å². The van der Waals surface area contributed by atoms with Crippen molar-refractivity contribution in [2.75, 3.05) is 35.2 Å². The average molecular weight is 276 g/mol. The van der Waals surface area contributed by atoms with Gasteiger partial charge < -0.3 is 16.4 Å². The molecule has 102 valence electrons. The summed E-state index contributed by atoms with van der Waals surface area (Å²) in [6, 6.07) is 0. The summed E-state index contributed by atoms with van der Waals surface area (Å²) in [5.41, 5.74) is 5.48. The van der Waals surface area contributed by atoms with Crippen molar-refractivity contribution in [3.05, 3.63) is 0 Å². The summed E-state index contributed by atoms with van der Waals surface area (Å²) in [6.45, 7) is 2.66. The molecule has 0 atom stereocenters. The summed E-state index contributed by atoms with van der Waals surface area (Å²) in [6.07, 6.45) is 0.900. The van der Waals surface area contributed by atoms with E-state index in [9.17, 15) is 8.42 Å². The molecule has 0 radical (unpaired) electrons. The van der Waals surface area contributed by atoms with E-state index < -0.39 is 15.9 Å². The topological polar surface area (TPSA) is 143 Å². The number of aromatic nitrogens is 3. The molecule has 0 fully saturated rings. The number of hydrogen-bond donors (Lipinski definition) is 4. The predicted molar refractivity (Wildman–Crippen MR) is 67.9 cm³/mol. The minimum atomic E-state index is -4.01. The number of nitrogens with zero attached hydrogens (tertiary/aromatic N) is 3. The van der Waals surface area contributed by atoms with E-state index in [4.69, 9.17) is 10.3 Å². The van der Waals surface area contributed by atoms with Crippen molar-refractivity contribution < 1.29 is 13.0 Å². The molecule has 1 aromatic rings. The van der Waals surface area contributed by atoms with E-state index in [1.54, 1.807) is 0 Å². The maximum Gasteiger partial charge on any atom is 0.266 e. The minimum absolute atomic E-state index is 0.0183. The van der Waals surface area contributed by atoms with Crippen molar-refractivity contribution in [1.29, 1.82) is 0 Å². The van der Waals surface area contributed by atoms with Crippen LogP contribution in [0.3, 0.4) is 0 Å². The van der Waals surface area contributed by atoms with E-state index in [0.29, 0.717) is 12.5 Å². The Hall–Kier alpha value is -1.68. The number of nitrogens with two attached hydrogens (primary N) is 1. The van der Waals surface area contributed by atoms with E-state index in [-0.39, 0.29) is 18.4 Å². The van der Waals surface area contributed by atoms with Crippen LogP contribution in [0, 0.1) is 0 Å². The smallest absolute Gasteiger partial charge is 0.266 e. The molecule has 1 rings (SSSR count). The number of hydrogen-bond acceptors (Lipinski definition) is 8. The lowest BCUT2D eigenvalue weighted by atomic mass is 10.5. The first-order chi connectivity index (χ1) is 8.40. The van der Waals surface area contributed by atoms with Gasteiger partial charge >= 0.3 is 0 Å². The first-order valence-corrected chi connectivity index (χ1v) is 6.96. The van der Waals surface area contributed by atoms with Crippen LogP contribution in [0.4, 0.5) is 17.8 Å². The van der Waals surface area contributed by atoms with Gasteiger partial charge in [-0.05, 0) is 6.42 Å². The molecule has 9 nitrogen and oxygen atoms in total. The zero-order chi connectivity index (χ0) is 13.6. The largest absolute Gasteiger partial charge is 0.368 e. The van der Waals surface area contributed by atoms with Gasteiger partial charge in [0.05, 0.1) is 5.75 Å². The lowest BCUT2D eigenvalue weighted by molar-refractivity contribution is 0.484. The van der Waals surface area contributed by atoms with Crippen LogP contribution in [-0.4, -0.2) is 46.8 Å². The van der Waals surface area contributed by atoms with Gasteiger partial charge in [-0.3, -0.25) is 4.55 Å². The molecule has 18 heavy (non-hydrogen) atoms. The van der Waals surface area contributed by atoms with Crippen molar-refractivity contribution in [3.8, 4) is 0 Å². The Kier molecular flexibility index (Phi) is 5.04. The van der Waals surface area contributed by atoms with Gasteiger partial charge in [-0.25, -0.2) is 0 Å². The molecule has 10 heteroatoms. The standard InChI is InChI=1S/C8H16N6O3S/c1-2-3-10-7-12-6(9)13-8(14-7)11-4-5-18(15,16)17/h2-5H2,1H3,(H,15,16,17)(H4,9,10,11,12,13,14). The number of nitrogen functional groups attached to an aromatic ring is 1. The zero-order valence-electron chi connectivity index (χ0n) is 9.92. The molecule has 0 aliphatic rings. The quantitative estimate of drug-likeness (QED) is 0.488. The monoisotopic (exact) mass is 276 g/mol. The number of anilines is 3. The lowest BCUT2D eigenvalue weighted by Crippen LogP contribution is -2.17. The fourth-order valence-corrected chi connectivity index (χ4v) is 1.44. The number of nitrogens with one attached hydrogen (secondary N) is 2. The molecule has 0 aliphatic carbocycles. The van der Waals surface area contributed by atoms with Crippen LogP contribution < -0.4 is 16.4 Å². The Labute approximate surface area is 105 Å². The Bertz CT molecular complexity index is 492. The predicted octanol–water partition coefficient (Wildman–Crippen LogP) is -0.425. The van der Waals surface area contributed by atoms with E-state index in [0.717, 1.165) is 6.42 Å². The minimum Gasteiger partial charge on any atom is -0.368 e. The molecule has 0 saturated carbocycles. The van der Waals surface area contributed by atoms with Crippen molar-refractivity contribution in [3.63, 3.8) is 0 Å². The highest BCUT2D eigenvalue weighted by molar-refractivity contribution is 7.85. The first kappa shape index (κ1) is 14.4. The first-order valence-electron chi connectivity index (χ1n) is 5.35. The average Bonchev–Trinajstić information content (AvgIpc) is 2.24. The summed E-state index contributed by atoms with van der Waals surface area (Å²) in [7, 11) is -4.01. The van der Waals surface area contributed by atoms with Crippen LogP contribution in [0.1, 0.15) is 13.3 Å². The van der Waals surface area contributed by atoms with Crippen LogP contribution in [0.5, 0.6) is 0 Å². The van der Waals surface area contributed by atoms with Gasteiger partial charge in [0.25, 0.3) is 10.1 Å². The highest BCUT2D eigenvalue weighted by Crippen LogP contribution is 2.06. The molecule has 5 N–H and O–H groups in total. The second kappa shape index (κ2) is 6.31. The maximum atomic E-state index is 10.5. The highest BCUT2D eigenvalue weighted by atomic mass is 32.2. The summed E-state index contributed by atoms with van der Waals surface area (Å²) in [5.74, 6) is 0.0671. The second-order valence-corrected chi connectivity index (χ2v) is 5.05. The Morgan fingerprint density at radius 2 is 1.72 bits per heavy atom. The molecule has 0 unspecified atom stereocenters. The Morgan fingerprint density at radius 3 is 2.22 bits per heavy atom. The van der Waals surface area contributed by atoms with Crippen molar-refractivity contribution in [1.82, 2.24) is 15.0 Å². The molecule has 0 amide bonds. The summed E-state index contributed by atoms with van der Waals surface area (Å²) < 4.78 is 29.6. The second-order valence-electron chi connectivity index (χ2n) is 3.48. The third kappa shape index (κ3) is 5.59. The van der Waals surface area contributed by atoms with Crippen molar-refractivity contribution >= 4 is 28.0 Å². The normalized spacial score (nSPS) is 11.2. The Morgan fingerprint density at radius 1 is 1.17 bits per heavy atom. The van der Waals surface area contributed by atoms with Crippen LogP contribution in [0.2, 0.25) is 0 Å². The van der Waals surface area contributed by atoms with Gasteiger partial charge in [-0.1, -0.05) is 6.92 Å². The fraction of sp³-hybridized carbons (Fsp3) is 0.625. The molecule has 0 spiro atoms. The molecular weight excluding hydrogens is 260 g/mol. The molecule has 1 aromatic heterocycles. The van der Waals surface area contributed by atoms with Crippen LogP contribution in [0.25, 0.3) is 0 Å². The van der Waals surface area contributed by atoms with E-state index >= 15 is 0 Å². The molecule has 0 aliphatic heterocycles. The summed E-state index contributed by atoms with van der Waals surface area (Å²) in [5, 5.41) is 5.57.